The molecular formula is C14H22FNO. The lowest BCUT2D eigenvalue weighted by molar-refractivity contribution is 0.241. The molecule has 1 rings (SSSR count). The lowest BCUT2D eigenvalue weighted by Gasteiger charge is -2.13. The summed E-state index contributed by atoms with van der Waals surface area (Å²) in [6.45, 7) is 5.51. The first-order valence-corrected chi connectivity index (χ1v) is 6.23. The topological polar surface area (TPSA) is 21.3 Å². The molecule has 1 N–H and O–H groups in total. The average molecular weight is 239 g/mol. The van der Waals surface area contributed by atoms with Gasteiger partial charge in [0.25, 0.3) is 0 Å². The van der Waals surface area contributed by atoms with Gasteiger partial charge in [-0.05, 0) is 37.1 Å². The average Bonchev–Trinajstić information content (AvgIpc) is 2.29. The summed E-state index contributed by atoms with van der Waals surface area (Å²) in [5.41, 5.74) is 0.930. The Balaban J connectivity index is 2.54. The zero-order chi connectivity index (χ0) is 12.7. The van der Waals surface area contributed by atoms with E-state index in [1.54, 1.807) is 6.07 Å². The third kappa shape index (κ3) is 4.73. The fourth-order valence-electron chi connectivity index (χ4n) is 1.78. The monoisotopic (exact) mass is 239 g/mol. The molecule has 0 fully saturated rings. The van der Waals surface area contributed by atoms with E-state index in [9.17, 15) is 4.39 Å². The molecule has 0 amide bonds. The van der Waals surface area contributed by atoms with Crippen LogP contribution in [0.15, 0.2) is 18.2 Å². The van der Waals surface area contributed by atoms with Crippen LogP contribution in [-0.2, 0) is 6.54 Å². The first-order chi connectivity index (χ1) is 8.17. The highest BCUT2D eigenvalue weighted by molar-refractivity contribution is 5.29. The van der Waals surface area contributed by atoms with Crippen molar-refractivity contribution in [3.63, 3.8) is 0 Å². The van der Waals surface area contributed by atoms with Crippen molar-refractivity contribution in [1.29, 1.82) is 0 Å². The quantitative estimate of drug-likeness (QED) is 0.787. The number of ether oxygens (including phenoxy) is 1. The van der Waals surface area contributed by atoms with Gasteiger partial charge in [0.2, 0.25) is 0 Å². The number of rotatable bonds is 7. The molecule has 1 aromatic rings. The molecule has 1 atom stereocenters. The molecule has 0 spiro atoms. The number of hydrogen-bond donors (Lipinski definition) is 1. The third-order valence-electron chi connectivity index (χ3n) is 2.68. The molecule has 0 saturated heterocycles. The maximum Gasteiger partial charge on any atom is 0.165 e. The van der Waals surface area contributed by atoms with Gasteiger partial charge in [-0.25, -0.2) is 4.39 Å². The molecule has 1 aromatic carbocycles. The Morgan fingerprint density at radius 2 is 2.18 bits per heavy atom. The lowest BCUT2D eigenvalue weighted by Crippen LogP contribution is -2.10. The minimum absolute atomic E-state index is 0.276. The Morgan fingerprint density at radius 3 is 2.76 bits per heavy atom. The van der Waals surface area contributed by atoms with Gasteiger partial charge in [0, 0.05) is 6.54 Å². The van der Waals surface area contributed by atoms with E-state index >= 15 is 0 Å². The molecule has 0 aliphatic heterocycles. The van der Waals surface area contributed by atoms with Gasteiger partial charge in [-0.3, -0.25) is 0 Å². The summed E-state index contributed by atoms with van der Waals surface area (Å²) in [6, 6.07) is 5.12. The van der Waals surface area contributed by atoms with Crippen molar-refractivity contribution in [2.24, 2.45) is 5.92 Å². The van der Waals surface area contributed by atoms with E-state index in [1.807, 2.05) is 13.1 Å². The van der Waals surface area contributed by atoms with Gasteiger partial charge < -0.3 is 10.1 Å². The van der Waals surface area contributed by atoms with Crippen molar-refractivity contribution in [3.05, 3.63) is 29.6 Å². The highest BCUT2D eigenvalue weighted by Crippen LogP contribution is 2.19. The fourth-order valence-corrected chi connectivity index (χ4v) is 1.78. The standard InChI is InChI=1S/C14H22FNO/c1-4-5-11(2)10-17-14-7-6-12(9-16-3)8-13(14)15/h6-8,11,16H,4-5,9-10H2,1-3H3. The van der Waals surface area contributed by atoms with E-state index in [1.165, 1.54) is 6.07 Å². The van der Waals surface area contributed by atoms with Crippen LogP contribution < -0.4 is 10.1 Å². The smallest absolute Gasteiger partial charge is 0.165 e. The molecule has 0 radical (unpaired) electrons. The molecule has 2 nitrogen and oxygen atoms in total. The highest BCUT2D eigenvalue weighted by Gasteiger charge is 2.07. The number of halogens is 1. The summed E-state index contributed by atoms with van der Waals surface area (Å²) in [6.07, 6.45) is 2.24. The van der Waals surface area contributed by atoms with E-state index in [-0.39, 0.29) is 5.82 Å². The normalized spacial score (nSPS) is 12.5. The summed E-state index contributed by atoms with van der Waals surface area (Å²) < 4.78 is 19.1. The second-order valence-corrected chi connectivity index (χ2v) is 4.50. The van der Waals surface area contributed by atoms with Gasteiger partial charge in [-0.1, -0.05) is 26.3 Å². The second-order valence-electron chi connectivity index (χ2n) is 4.50. The van der Waals surface area contributed by atoms with E-state index in [0.717, 1.165) is 18.4 Å². The van der Waals surface area contributed by atoms with Crippen molar-refractivity contribution in [3.8, 4) is 5.75 Å². The molecule has 17 heavy (non-hydrogen) atoms. The van der Waals surface area contributed by atoms with Crippen LogP contribution in [0.4, 0.5) is 4.39 Å². The third-order valence-corrected chi connectivity index (χ3v) is 2.68. The van der Waals surface area contributed by atoms with Crippen molar-refractivity contribution >= 4 is 0 Å². The Morgan fingerprint density at radius 1 is 1.41 bits per heavy atom. The predicted molar refractivity (Wildman–Crippen MR) is 68.7 cm³/mol. The number of hydrogen-bond acceptors (Lipinski definition) is 2. The molecule has 3 heteroatoms. The Bertz CT molecular complexity index is 341. The SMILES string of the molecule is CCCC(C)COc1ccc(CNC)cc1F. The van der Waals surface area contributed by atoms with Gasteiger partial charge in [0.15, 0.2) is 11.6 Å². The van der Waals surface area contributed by atoms with E-state index in [2.05, 4.69) is 19.2 Å². The molecule has 0 aromatic heterocycles. The van der Waals surface area contributed by atoms with Gasteiger partial charge >= 0.3 is 0 Å². The second kappa shape index (κ2) is 7.28. The molecule has 0 aliphatic carbocycles. The van der Waals surface area contributed by atoms with E-state index < -0.39 is 0 Å². The van der Waals surface area contributed by atoms with Crippen molar-refractivity contribution in [2.45, 2.75) is 33.2 Å². The van der Waals surface area contributed by atoms with Crippen LogP contribution in [0.3, 0.4) is 0 Å². The van der Waals surface area contributed by atoms with Crippen LogP contribution in [0.25, 0.3) is 0 Å². The Kier molecular flexibility index (Phi) is 5.98. The van der Waals surface area contributed by atoms with Gasteiger partial charge in [-0.2, -0.15) is 0 Å². The summed E-state index contributed by atoms with van der Waals surface area (Å²) >= 11 is 0. The van der Waals surface area contributed by atoms with Crippen LogP contribution in [0.2, 0.25) is 0 Å². The Hall–Kier alpha value is -1.09. The minimum atomic E-state index is -0.276. The number of nitrogens with one attached hydrogen (secondary N) is 1. The molecule has 1 unspecified atom stereocenters. The van der Waals surface area contributed by atoms with Gasteiger partial charge in [0.1, 0.15) is 0 Å². The lowest BCUT2D eigenvalue weighted by atomic mass is 10.1. The summed E-state index contributed by atoms with van der Waals surface area (Å²) in [5, 5.41) is 2.99. The maximum atomic E-state index is 13.7. The van der Waals surface area contributed by atoms with Crippen LogP contribution in [0, 0.1) is 11.7 Å². The van der Waals surface area contributed by atoms with E-state index in [0.29, 0.717) is 24.8 Å². The molecule has 0 bridgehead atoms. The molecule has 96 valence electrons. The first kappa shape index (κ1) is 14.0. The Labute approximate surface area is 103 Å². The van der Waals surface area contributed by atoms with Crippen LogP contribution >= 0.6 is 0 Å². The largest absolute Gasteiger partial charge is 0.490 e. The molecular weight excluding hydrogens is 217 g/mol. The molecule has 0 saturated carbocycles. The summed E-state index contributed by atoms with van der Waals surface area (Å²) in [7, 11) is 1.84. The minimum Gasteiger partial charge on any atom is -0.490 e. The zero-order valence-corrected chi connectivity index (χ0v) is 10.9. The maximum absolute atomic E-state index is 13.7. The zero-order valence-electron chi connectivity index (χ0n) is 10.9. The van der Waals surface area contributed by atoms with Crippen molar-refractivity contribution < 1.29 is 9.13 Å². The van der Waals surface area contributed by atoms with Gasteiger partial charge in [0.05, 0.1) is 6.61 Å². The predicted octanol–water partition coefficient (Wildman–Crippen LogP) is 3.36. The first-order valence-electron chi connectivity index (χ1n) is 6.23. The van der Waals surface area contributed by atoms with Crippen LogP contribution in [-0.4, -0.2) is 13.7 Å². The van der Waals surface area contributed by atoms with Crippen molar-refractivity contribution in [1.82, 2.24) is 5.32 Å². The molecule has 0 aliphatic rings. The van der Waals surface area contributed by atoms with Crippen LogP contribution in [0.5, 0.6) is 5.75 Å². The summed E-state index contributed by atoms with van der Waals surface area (Å²) in [5.74, 6) is 0.547. The van der Waals surface area contributed by atoms with E-state index in [4.69, 9.17) is 4.74 Å². The van der Waals surface area contributed by atoms with Crippen LogP contribution in [0.1, 0.15) is 32.3 Å². The summed E-state index contributed by atoms with van der Waals surface area (Å²) in [4.78, 5) is 0. The van der Waals surface area contributed by atoms with Gasteiger partial charge in [-0.15, -0.1) is 0 Å². The van der Waals surface area contributed by atoms with Crippen molar-refractivity contribution in [2.75, 3.05) is 13.7 Å². The fraction of sp³-hybridized carbons (Fsp3) is 0.571. The molecule has 0 heterocycles. The highest BCUT2D eigenvalue weighted by atomic mass is 19.1. The number of benzene rings is 1.